The lowest BCUT2D eigenvalue weighted by atomic mass is 10.2. The number of nitrogens with one attached hydrogen (secondary N) is 1. The molecule has 10 heteroatoms. The van der Waals surface area contributed by atoms with E-state index < -0.39 is 16.1 Å². The Hall–Kier alpha value is -2.95. The van der Waals surface area contributed by atoms with Crippen molar-refractivity contribution in [3.63, 3.8) is 0 Å². The van der Waals surface area contributed by atoms with Crippen LogP contribution in [0.1, 0.15) is 11.1 Å². The van der Waals surface area contributed by atoms with Crippen molar-refractivity contribution in [3.05, 3.63) is 65.7 Å². The van der Waals surface area contributed by atoms with Crippen LogP contribution in [-0.2, 0) is 20.5 Å². The van der Waals surface area contributed by atoms with Crippen LogP contribution in [0.25, 0.3) is 0 Å². The summed E-state index contributed by atoms with van der Waals surface area (Å²) in [5.41, 5.74) is 7.48. The number of benzene rings is 2. The van der Waals surface area contributed by atoms with Gasteiger partial charge in [0.25, 0.3) is 0 Å². The molecule has 0 bridgehead atoms. The number of hydrogen-bond acceptors (Lipinski definition) is 6. The van der Waals surface area contributed by atoms with Gasteiger partial charge >= 0.3 is 6.09 Å². The summed E-state index contributed by atoms with van der Waals surface area (Å²) in [4.78, 5) is 15.8. The lowest BCUT2D eigenvalue weighted by molar-refractivity contribution is 0.116. The first-order valence-corrected chi connectivity index (χ1v) is 11.9. The van der Waals surface area contributed by atoms with Gasteiger partial charge in [-0.2, -0.15) is 0 Å². The predicted molar refractivity (Wildman–Crippen MR) is 124 cm³/mol. The van der Waals surface area contributed by atoms with Crippen molar-refractivity contribution in [1.82, 2.24) is 9.21 Å². The molecule has 1 aliphatic heterocycles. The molecule has 0 aromatic heterocycles. The number of nitrogens with two attached hydrogens (primary N) is 1. The maximum Gasteiger partial charge on any atom is 0.414 e. The number of amidine groups is 1. The average molecular weight is 460 g/mol. The Balaban J connectivity index is 1.49. The molecular formula is C22H29N5O4S. The number of rotatable bonds is 10. The van der Waals surface area contributed by atoms with Gasteiger partial charge in [0, 0.05) is 37.9 Å². The number of nitrogens with zero attached hydrogens (tertiary/aromatic N) is 3. The van der Waals surface area contributed by atoms with E-state index in [1.807, 2.05) is 30.1 Å². The average Bonchev–Trinajstić information content (AvgIpc) is 3.12. The van der Waals surface area contributed by atoms with E-state index in [0.717, 1.165) is 5.56 Å². The molecular weight excluding hydrogens is 430 g/mol. The minimum absolute atomic E-state index is 0.0317. The number of sulfonamides is 1. The van der Waals surface area contributed by atoms with Crippen molar-refractivity contribution in [2.24, 2.45) is 5.73 Å². The smallest absolute Gasteiger partial charge is 0.414 e. The molecule has 3 rings (SSSR count). The Bertz CT molecular complexity index is 1040. The first-order chi connectivity index (χ1) is 15.2. The van der Waals surface area contributed by atoms with Gasteiger partial charge in [0.05, 0.1) is 12.3 Å². The zero-order valence-corrected chi connectivity index (χ0v) is 19.1. The second-order valence-electron chi connectivity index (χ2n) is 7.90. The molecule has 172 valence electrons. The highest BCUT2D eigenvalue weighted by Crippen LogP contribution is 2.22. The molecule has 1 saturated heterocycles. The van der Waals surface area contributed by atoms with Crippen molar-refractivity contribution in [1.29, 1.82) is 5.41 Å². The van der Waals surface area contributed by atoms with Crippen LogP contribution in [0.2, 0.25) is 0 Å². The molecule has 1 amide bonds. The van der Waals surface area contributed by atoms with Crippen LogP contribution in [0.3, 0.4) is 0 Å². The van der Waals surface area contributed by atoms with Crippen molar-refractivity contribution in [3.8, 4) is 0 Å². The number of amides is 1. The number of ether oxygens (including phenoxy) is 1. The minimum atomic E-state index is -3.41. The quantitative estimate of drug-likeness (QED) is 0.412. The van der Waals surface area contributed by atoms with Crippen LogP contribution < -0.4 is 10.6 Å². The fourth-order valence-electron chi connectivity index (χ4n) is 3.43. The Kier molecular flexibility index (Phi) is 7.49. The van der Waals surface area contributed by atoms with Gasteiger partial charge in [-0.05, 0) is 36.9 Å². The first-order valence-electron chi connectivity index (χ1n) is 10.2. The van der Waals surface area contributed by atoms with Crippen LogP contribution >= 0.6 is 0 Å². The summed E-state index contributed by atoms with van der Waals surface area (Å²) in [6, 6.07) is 15.9. The number of carbonyl (C=O) groups excluding carboxylic acids is 1. The van der Waals surface area contributed by atoms with Gasteiger partial charge in [0.15, 0.2) is 0 Å². The third kappa shape index (κ3) is 6.06. The number of carbonyl (C=O) groups is 1. The van der Waals surface area contributed by atoms with E-state index in [0.29, 0.717) is 37.4 Å². The summed E-state index contributed by atoms with van der Waals surface area (Å²) < 4.78 is 32.0. The Labute approximate surface area is 188 Å². The van der Waals surface area contributed by atoms with E-state index in [1.54, 1.807) is 48.3 Å². The molecule has 9 nitrogen and oxygen atoms in total. The largest absolute Gasteiger partial charge is 0.443 e. The highest BCUT2D eigenvalue weighted by atomic mass is 32.2. The van der Waals surface area contributed by atoms with Gasteiger partial charge in [-0.3, -0.25) is 10.3 Å². The van der Waals surface area contributed by atoms with Gasteiger partial charge in [-0.1, -0.05) is 30.3 Å². The molecule has 0 aliphatic carbocycles. The number of nitrogen functional groups attached to an aromatic ring is 1. The SMILES string of the molecule is CN(CCN(C)S(=O)(=O)Cc1ccccc1)CC1CN(c2ccc(C(=N)N)cc2)C(=O)O1. The van der Waals surface area contributed by atoms with E-state index in [1.165, 1.54) is 4.31 Å². The highest BCUT2D eigenvalue weighted by molar-refractivity contribution is 7.88. The summed E-state index contributed by atoms with van der Waals surface area (Å²) in [6.07, 6.45) is -0.757. The number of anilines is 1. The lowest BCUT2D eigenvalue weighted by Gasteiger charge is -2.23. The molecule has 2 aromatic carbocycles. The first kappa shape index (κ1) is 23.7. The van der Waals surface area contributed by atoms with Crippen LogP contribution in [0.5, 0.6) is 0 Å². The van der Waals surface area contributed by atoms with Crippen molar-refractivity contribution < 1.29 is 17.9 Å². The van der Waals surface area contributed by atoms with Crippen LogP contribution in [0, 0.1) is 5.41 Å². The maximum absolute atomic E-state index is 12.6. The van der Waals surface area contributed by atoms with Crippen molar-refractivity contribution in [2.75, 3.05) is 45.2 Å². The normalized spacial score (nSPS) is 16.6. The van der Waals surface area contributed by atoms with E-state index in [4.69, 9.17) is 15.9 Å². The summed E-state index contributed by atoms with van der Waals surface area (Å²) in [5, 5.41) is 7.45. The molecule has 1 heterocycles. The molecule has 1 aliphatic rings. The van der Waals surface area contributed by atoms with E-state index in [-0.39, 0.29) is 17.7 Å². The van der Waals surface area contributed by atoms with Crippen LogP contribution in [0.15, 0.2) is 54.6 Å². The number of hydrogen-bond donors (Lipinski definition) is 2. The molecule has 0 radical (unpaired) electrons. The topological polar surface area (TPSA) is 120 Å². The third-order valence-corrected chi connectivity index (χ3v) is 7.17. The lowest BCUT2D eigenvalue weighted by Crippen LogP contribution is -2.39. The summed E-state index contributed by atoms with van der Waals surface area (Å²) in [7, 11) is 0.0379. The Morgan fingerprint density at radius 1 is 1.12 bits per heavy atom. The minimum Gasteiger partial charge on any atom is -0.443 e. The van der Waals surface area contributed by atoms with Crippen molar-refractivity contribution in [2.45, 2.75) is 11.9 Å². The summed E-state index contributed by atoms with van der Waals surface area (Å²) in [6.45, 7) is 1.72. The molecule has 2 aromatic rings. The molecule has 0 saturated carbocycles. The monoisotopic (exact) mass is 459 g/mol. The second-order valence-corrected chi connectivity index (χ2v) is 9.98. The molecule has 3 N–H and O–H groups in total. The zero-order valence-electron chi connectivity index (χ0n) is 18.3. The Morgan fingerprint density at radius 3 is 2.41 bits per heavy atom. The van der Waals surface area contributed by atoms with Gasteiger partial charge in [0.1, 0.15) is 11.9 Å². The predicted octanol–water partition coefficient (Wildman–Crippen LogP) is 1.69. The second kappa shape index (κ2) is 10.1. The third-order valence-electron chi connectivity index (χ3n) is 5.34. The maximum atomic E-state index is 12.6. The van der Waals surface area contributed by atoms with E-state index in [2.05, 4.69) is 0 Å². The summed E-state index contributed by atoms with van der Waals surface area (Å²) >= 11 is 0. The fraction of sp³-hybridized carbons (Fsp3) is 0.364. The Morgan fingerprint density at radius 2 is 1.78 bits per heavy atom. The zero-order chi connectivity index (χ0) is 23.3. The standard InChI is InChI=1S/C22H29N5O4S/c1-25(12-13-26(2)32(29,30)16-17-6-4-3-5-7-17)14-20-15-27(22(28)31-20)19-10-8-18(9-11-19)21(23)24/h3-11,20H,12-16H2,1-2H3,(H3,23,24). The van der Waals surface area contributed by atoms with Gasteiger partial charge < -0.3 is 15.4 Å². The molecule has 1 fully saturated rings. The highest BCUT2D eigenvalue weighted by Gasteiger charge is 2.33. The molecule has 0 spiro atoms. The molecule has 32 heavy (non-hydrogen) atoms. The van der Waals surface area contributed by atoms with E-state index in [9.17, 15) is 13.2 Å². The number of likely N-dealkylation sites (N-methyl/N-ethyl adjacent to an activating group) is 2. The van der Waals surface area contributed by atoms with Crippen LogP contribution in [-0.4, -0.2) is 75.9 Å². The molecule has 1 unspecified atom stereocenters. The number of cyclic esters (lactones) is 1. The summed E-state index contributed by atoms with van der Waals surface area (Å²) in [5.74, 6) is -0.0677. The van der Waals surface area contributed by atoms with Gasteiger partial charge in [-0.15, -0.1) is 0 Å². The van der Waals surface area contributed by atoms with E-state index >= 15 is 0 Å². The van der Waals surface area contributed by atoms with Crippen molar-refractivity contribution >= 4 is 27.6 Å². The molecule has 1 atom stereocenters. The fourth-order valence-corrected chi connectivity index (χ4v) is 4.63. The van der Waals surface area contributed by atoms with Gasteiger partial charge in [0.2, 0.25) is 10.0 Å². The van der Waals surface area contributed by atoms with Gasteiger partial charge in [-0.25, -0.2) is 17.5 Å². The van der Waals surface area contributed by atoms with Crippen LogP contribution in [0.4, 0.5) is 10.5 Å².